The summed E-state index contributed by atoms with van der Waals surface area (Å²) in [4.78, 5) is 0. The Morgan fingerprint density at radius 2 is 1.25 bits per heavy atom. The second kappa shape index (κ2) is 23.6. The van der Waals surface area contributed by atoms with Gasteiger partial charge in [0.2, 0.25) is 0 Å². The molecule has 3 heteroatoms. The van der Waals surface area contributed by atoms with Crippen LogP contribution in [-0.4, -0.2) is 17.4 Å². The van der Waals surface area contributed by atoms with Gasteiger partial charge in [0.05, 0.1) is 0 Å². The van der Waals surface area contributed by atoms with E-state index in [1.807, 2.05) is 0 Å². The van der Waals surface area contributed by atoms with Gasteiger partial charge in [0, 0.05) is 17.1 Å². The molecule has 0 N–H and O–H groups in total. The van der Waals surface area contributed by atoms with Crippen LogP contribution >= 0.6 is 0 Å². The number of rotatable bonds is 0. The SMILES string of the molecule is [AlH3].[CH3][Fe].[Mn]. The largest absolute Gasteiger partial charge is 0 e. The third-order valence-corrected chi connectivity index (χ3v) is 0. The zero-order valence-corrected chi connectivity index (χ0v) is 4.02. The van der Waals surface area contributed by atoms with Crippen LogP contribution in [0.4, 0.5) is 0 Å². The molecule has 0 saturated heterocycles. The Morgan fingerprint density at radius 3 is 1.25 bits per heavy atom. The van der Waals surface area contributed by atoms with Crippen molar-refractivity contribution in [1.82, 2.24) is 0 Å². The van der Waals surface area contributed by atoms with E-state index in [0.717, 1.165) is 0 Å². The molecule has 4 heavy (non-hydrogen) atoms. The molecule has 0 bridgehead atoms. The summed E-state index contributed by atoms with van der Waals surface area (Å²) in [7, 11) is 0. The van der Waals surface area contributed by atoms with E-state index in [4.69, 9.17) is 0 Å². The summed E-state index contributed by atoms with van der Waals surface area (Å²) in [6.07, 6.45) is 0. The normalized spacial score (nSPS) is 1.50. The van der Waals surface area contributed by atoms with Crippen molar-refractivity contribution in [1.29, 1.82) is 0 Å². The van der Waals surface area contributed by atoms with Gasteiger partial charge >= 0.3 is 21.8 Å². The molecule has 0 spiro atoms. The molecule has 28 valence electrons. The molecule has 0 aromatic heterocycles. The van der Waals surface area contributed by atoms with Crippen molar-refractivity contribution in [3.8, 4) is 0 Å². The molecule has 0 nitrogen and oxygen atoms in total. The minimum Gasteiger partial charge on any atom is 0 e. The summed E-state index contributed by atoms with van der Waals surface area (Å²) in [5, 5.41) is 0. The van der Waals surface area contributed by atoms with E-state index in [-0.39, 0.29) is 34.4 Å². The van der Waals surface area contributed by atoms with Crippen LogP contribution in [0.2, 0.25) is 5.82 Å². The fourth-order valence-electron chi connectivity index (χ4n) is 0. The second-order valence-electron chi connectivity index (χ2n) is 0. The summed E-state index contributed by atoms with van der Waals surface area (Å²) in [5.74, 6) is 1.75. The molecule has 0 aromatic carbocycles. The van der Waals surface area contributed by atoms with Gasteiger partial charge in [0.1, 0.15) is 0 Å². The second-order valence-corrected chi connectivity index (χ2v) is 0. The van der Waals surface area contributed by atoms with Gasteiger partial charge < -0.3 is 0 Å². The third kappa shape index (κ3) is 9.56. The summed E-state index contributed by atoms with van der Waals surface area (Å²) < 4.78 is 0. The van der Waals surface area contributed by atoms with Gasteiger partial charge in [0.15, 0.2) is 17.4 Å². The van der Waals surface area contributed by atoms with E-state index in [9.17, 15) is 0 Å². The fourth-order valence-corrected chi connectivity index (χ4v) is 0. The molecule has 0 aromatic rings. The Hall–Kier alpha value is 1.57. The molecule has 0 aliphatic carbocycles. The van der Waals surface area contributed by atoms with E-state index >= 15 is 0 Å². The maximum absolute atomic E-state index is 3.25. The Bertz CT molecular complexity index is 8.00. The Labute approximate surface area is 56.1 Å². The van der Waals surface area contributed by atoms with Crippen molar-refractivity contribution in [3.05, 3.63) is 0 Å². The quantitative estimate of drug-likeness (QED) is 0.410. The molecule has 0 amide bonds. The molecular formula is CH6AlFeMn. The van der Waals surface area contributed by atoms with E-state index in [0.29, 0.717) is 0 Å². The van der Waals surface area contributed by atoms with Gasteiger partial charge in [-0.3, -0.25) is 0 Å². The van der Waals surface area contributed by atoms with Crippen LogP contribution < -0.4 is 0 Å². The zero-order chi connectivity index (χ0) is 2.00. The summed E-state index contributed by atoms with van der Waals surface area (Å²) in [6, 6.07) is 0. The van der Waals surface area contributed by atoms with Crippen LogP contribution in [0.25, 0.3) is 0 Å². The first-order valence-corrected chi connectivity index (χ1v) is 1.46. The Kier molecular flexibility index (Phi) is 104. The van der Waals surface area contributed by atoms with Gasteiger partial charge in [-0.15, -0.1) is 0 Å². The minimum absolute atomic E-state index is 0. The molecule has 0 fully saturated rings. The Morgan fingerprint density at radius 1 is 1.25 bits per heavy atom. The summed E-state index contributed by atoms with van der Waals surface area (Å²) in [6.45, 7) is 0. The maximum Gasteiger partial charge on any atom is 0 e. The zero-order valence-electron chi connectivity index (χ0n) is 1.73. The average molecular weight is 156 g/mol. The summed E-state index contributed by atoms with van der Waals surface area (Å²) >= 11 is 3.25. The molecular weight excluding hydrogens is 150 g/mol. The molecule has 0 unspecified atom stereocenters. The smallest absolute Gasteiger partial charge is 0 e. The van der Waals surface area contributed by atoms with Crippen molar-refractivity contribution in [2.75, 3.05) is 0 Å². The monoisotopic (exact) mass is 156 g/mol. The first-order chi connectivity index (χ1) is 1.00. The van der Waals surface area contributed by atoms with Crippen molar-refractivity contribution < 1.29 is 33.1 Å². The first-order valence-electron chi connectivity index (χ1n) is 0.354. The molecule has 1 radical (unpaired) electrons. The van der Waals surface area contributed by atoms with E-state index < -0.39 is 0 Å². The number of hydrogen-bond acceptors (Lipinski definition) is 0. The molecule has 0 heterocycles. The van der Waals surface area contributed by atoms with Crippen molar-refractivity contribution in [2.24, 2.45) is 0 Å². The van der Waals surface area contributed by atoms with Crippen molar-refractivity contribution in [2.45, 2.75) is 5.82 Å². The fraction of sp³-hybridized carbons (Fsp3) is 1.00. The van der Waals surface area contributed by atoms with Gasteiger partial charge in [-0.1, -0.05) is 0 Å². The topological polar surface area (TPSA) is 0 Å². The van der Waals surface area contributed by atoms with Gasteiger partial charge in [-0.2, -0.15) is 0 Å². The van der Waals surface area contributed by atoms with Crippen LogP contribution in [0.5, 0.6) is 0 Å². The molecule has 0 saturated carbocycles. The van der Waals surface area contributed by atoms with Gasteiger partial charge in [-0.25, -0.2) is 0 Å². The van der Waals surface area contributed by atoms with Gasteiger partial charge in [-0.05, 0) is 0 Å². The molecule has 0 aliphatic rings. The molecule has 0 aliphatic heterocycles. The van der Waals surface area contributed by atoms with Crippen LogP contribution in [-0.2, 0) is 33.1 Å². The Balaban J connectivity index is -0.00000000500. The maximum atomic E-state index is 3.25. The molecule has 0 rings (SSSR count). The third-order valence-electron chi connectivity index (χ3n) is 0. The standard InChI is InChI=1S/CH3.Al.Fe.Mn.3H/h1H3;;;;;;. The van der Waals surface area contributed by atoms with Crippen molar-refractivity contribution in [3.63, 3.8) is 0 Å². The van der Waals surface area contributed by atoms with Crippen LogP contribution in [0.3, 0.4) is 0 Å². The predicted molar refractivity (Wildman–Crippen MR) is 15.8 cm³/mol. The van der Waals surface area contributed by atoms with Gasteiger partial charge in [0.25, 0.3) is 0 Å². The number of hydrogen-bond donors (Lipinski definition) is 0. The van der Waals surface area contributed by atoms with Crippen molar-refractivity contribution >= 4 is 17.4 Å². The van der Waals surface area contributed by atoms with E-state index in [1.165, 1.54) is 0 Å². The van der Waals surface area contributed by atoms with E-state index in [2.05, 4.69) is 16.0 Å². The van der Waals surface area contributed by atoms with Crippen LogP contribution in [0.1, 0.15) is 0 Å². The minimum atomic E-state index is 0. The van der Waals surface area contributed by atoms with Crippen LogP contribution in [0, 0.1) is 0 Å². The van der Waals surface area contributed by atoms with E-state index in [1.54, 1.807) is 5.82 Å². The first kappa shape index (κ1) is 17.6. The van der Waals surface area contributed by atoms with Crippen LogP contribution in [0.15, 0.2) is 0 Å². The predicted octanol–water partition coefficient (Wildman–Crippen LogP) is -0.605. The molecule has 0 atom stereocenters. The average Bonchev–Trinajstić information content (AvgIpc) is 1.00. The summed E-state index contributed by atoms with van der Waals surface area (Å²) in [5.41, 5.74) is 0.